The van der Waals surface area contributed by atoms with E-state index in [0.717, 1.165) is 21.5 Å². The van der Waals surface area contributed by atoms with E-state index in [9.17, 15) is 19.1 Å². The second-order valence-corrected chi connectivity index (χ2v) is 9.50. The Balaban J connectivity index is 1.45. The smallest absolute Gasteiger partial charge is 0.342 e. The molecule has 0 radical (unpaired) electrons. The summed E-state index contributed by atoms with van der Waals surface area (Å²) in [6.07, 6.45) is 4.42. The van der Waals surface area contributed by atoms with Crippen LogP contribution in [0.5, 0.6) is 0 Å². The van der Waals surface area contributed by atoms with E-state index in [1.54, 1.807) is 30.3 Å². The highest BCUT2D eigenvalue weighted by atomic mass is 19.1. The number of carbonyl (C=O) groups excluding carboxylic acids is 2. The minimum atomic E-state index is -0.727. The highest BCUT2D eigenvalue weighted by molar-refractivity contribution is 6.00. The molecular weight excluding hydrogens is 461 g/mol. The Hall–Kier alpha value is -4.03. The normalized spacial score (nSPS) is 15.5. The second kappa shape index (κ2) is 10.3. The fourth-order valence-corrected chi connectivity index (χ4v) is 3.89. The van der Waals surface area contributed by atoms with Gasteiger partial charge in [0.05, 0.1) is 12.8 Å². The number of aryl methyl sites for hydroxylation is 1. The Bertz CT molecular complexity index is 1350. The fourth-order valence-electron chi connectivity index (χ4n) is 3.89. The largest absolute Gasteiger partial charge is 0.395 e. The molecule has 8 nitrogen and oxygen atoms in total. The van der Waals surface area contributed by atoms with Gasteiger partial charge in [-0.15, -0.1) is 0 Å². The molecule has 3 aromatic rings. The van der Waals surface area contributed by atoms with Gasteiger partial charge in [0.1, 0.15) is 6.04 Å². The zero-order valence-electron chi connectivity index (χ0n) is 20.5. The van der Waals surface area contributed by atoms with E-state index in [0.29, 0.717) is 30.5 Å². The van der Waals surface area contributed by atoms with Gasteiger partial charge in [-0.3, -0.25) is 4.79 Å². The molecule has 3 heterocycles. The first kappa shape index (κ1) is 25.1. The number of benzene rings is 1. The van der Waals surface area contributed by atoms with Crippen molar-refractivity contribution >= 4 is 17.6 Å². The van der Waals surface area contributed by atoms with Gasteiger partial charge in [0.15, 0.2) is 0 Å². The minimum Gasteiger partial charge on any atom is -0.395 e. The molecule has 0 bridgehead atoms. The number of rotatable bonds is 4. The van der Waals surface area contributed by atoms with Crippen molar-refractivity contribution in [2.75, 3.05) is 18.6 Å². The number of amides is 2. The van der Waals surface area contributed by atoms with Gasteiger partial charge < -0.3 is 15.3 Å². The molecular formula is C27H28FN5O3. The van der Waals surface area contributed by atoms with Crippen molar-refractivity contribution in [3.8, 4) is 11.8 Å². The third-order valence-corrected chi connectivity index (χ3v) is 6.02. The molecule has 2 amide bonds. The van der Waals surface area contributed by atoms with Crippen LogP contribution in [0.4, 0.5) is 14.9 Å². The SMILES string of the molecule is CN1C(=O)[C@H](NC(=O)n2cc(Cc3cccc(F)n3)cn2)CCc2ccc(C#CC(C)(C)CO)cc21. The Labute approximate surface area is 209 Å². The number of halogens is 1. The predicted molar refractivity (Wildman–Crippen MR) is 133 cm³/mol. The van der Waals surface area contributed by atoms with Gasteiger partial charge in [0.25, 0.3) is 0 Å². The van der Waals surface area contributed by atoms with Crippen molar-refractivity contribution in [1.82, 2.24) is 20.1 Å². The molecule has 2 N–H and O–H groups in total. The van der Waals surface area contributed by atoms with E-state index in [4.69, 9.17) is 0 Å². The van der Waals surface area contributed by atoms with E-state index in [1.807, 2.05) is 32.0 Å². The molecule has 186 valence electrons. The van der Waals surface area contributed by atoms with Crippen molar-refractivity contribution in [1.29, 1.82) is 0 Å². The number of hydrogen-bond donors (Lipinski definition) is 2. The van der Waals surface area contributed by atoms with Crippen molar-refractivity contribution < 1.29 is 19.1 Å². The van der Waals surface area contributed by atoms with Crippen LogP contribution in [0.3, 0.4) is 0 Å². The molecule has 36 heavy (non-hydrogen) atoms. The lowest BCUT2D eigenvalue weighted by atomic mass is 9.95. The summed E-state index contributed by atoms with van der Waals surface area (Å²) in [5.74, 6) is 5.32. The molecule has 0 spiro atoms. The summed E-state index contributed by atoms with van der Waals surface area (Å²) in [6.45, 7) is 3.66. The number of aromatic nitrogens is 3. The average molecular weight is 490 g/mol. The van der Waals surface area contributed by atoms with Crippen molar-refractivity contribution in [2.24, 2.45) is 5.41 Å². The summed E-state index contributed by atoms with van der Waals surface area (Å²) < 4.78 is 14.5. The maximum absolute atomic E-state index is 13.3. The van der Waals surface area contributed by atoms with Crippen molar-refractivity contribution in [2.45, 2.75) is 39.2 Å². The number of aliphatic hydroxyl groups excluding tert-OH is 1. The quantitative estimate of drug-likeness (QED) is 0.434. The number of nitrogens with one attached hydrogen (secondary N) is 1. The molecule has 1 aliphatic heterocycles. The summed E-state index contributed by atoms with van der Waals surface area (Å²) in [7, 11) is 1.68. The van der Waals surface area contributed by atoms with E-state index < -0.39 is 23.4 Å². The first-order chi connectivity index (χ1) is 17.1. The van der Waals surface area contributed by atoms with Gasteiger partial charge in [-0.05, 0) is 62.1 Å². The third kappa shape index (κ3) is 5.78. The van der Waals surface area contributed by atoms with Crippen molar-refractivity contribution in [3.05, 3.63) is 77.1 Å². The van der Waals surface area contributed by atoms with E-state index in [1.165, 1.54) is 12.3 Å². The van der Waals surface area contributed by atoms with Crippen LogP contribution in [0.25, 0.3) is 0 Å². The number of pyridine rings is 1. The molecule has 4 rings (SSSR count). The molecule has 0 unspecified atom stereocenters. The lowest BCUT2D eigenvalue weighted by molar-refractivity contribution is -0.120. The highest BCUT2D eigenvalue weighted by Crippen LogP contribution is 2.27. The van der Waals surface area contributed by atoms with Gasteiger partial charge in [-0.2, -0.15) is 14.2 Å². The van der Waals surface area contributed by atoms with E-state index >= 15 is 0 Å². The number of anilines is 1. The molecule has 1 atom stereocenters. The predicted octanol–water partition coefficient (Wildman–Crippen LogP) is 2.91. The second-order valence-electron chi connectivity index (χ2n) is 9.50. The number of hydrogen-bond acceptors (Lipinski definition) is 5. The fraction of sp³-hybridized carbons (Fsp3) is 0.333. The first-order valence-corrected chi connectivity index (χ1v) is 11.7. The number of fused-ring (bicyclic) bond motifs is 1. The van der Waals surface area contributed by atoms with Gasteiger partial charge in [0.2, 0.25) is 11.9 Å². The summed E-state index contributed by atoms with van der Waals surface area (Å²) in [5.41, 5.74) is 3.17. The summed E-state index contributed by atoms with van der Waals surface area (Å²) in [4.78, 5) is 31.4. The molecule has 1 aliphatic rings. The van der Waals surface area contributed by atoms with E-state index in [2.05, 4.69) is 27.2 Å². The monoisotopic (exact) mass is 489 g/mol. The van der Waals surface area contributed by atoms with Gasteiger partial charge >= 0.3 is 6.03 Å². The maximum Gasteiger partial charge on any atom is 0.342 e. The average Bonchev–Trinajstić information content (AvgIpc) is 3.29. The minimum absolute atomic E-state index is 0.0514. The van der Waals surface area contributed by atoms with E-state index in [-0.39, 0.29) is 12.5 Å². The number of nitrogens with zero attached hydrogens (tertiary/aromatic N) is 4. The standard InChI is InChI=1S/C27H28FN5O3/c1-27(2,17-34)12-11-18-7-8-20-9-10-22(25(35)32(3)23(20)14-18)31-26(36)33-16-19(15-29-33)13-21-5-4-6-24(28)30-21/h4-8,14-16,22,34H,9-10,13,17H2,1-3H3,(H,31,36)/t22-/m1/s1. The highest BCUT2D eigenvalue weighted by Gasteiger charge is 2.30. The number of aliphatic hydroxyl groups is 1. The van der Waals surface area contributed by atoms with Crippen LogP contribution in [0, 0.1) is 23.2 Å². The van der Waals surface area contributed by atoms with Gasteiger partial charge in [0, 0.05) is 42.0 Å². The molecule has 0 fully saturated rings. The van der Waals surface area contributed by atoms with Crippen LogP contribution in [0.15, 0.2) is 48.8 Å². The number of carbonyl (C=O) groups is 2. The third-order valence-electron chi connectivity index (χ3n) is 6.02. The zero-order chi connectivity index (χ0) is 25.9. The molecule has 2 aromatic heterocycles. The Morgan fingerprint density at radius 1 is 1.31 bits per heavy atom. The summed E-state index contributed by atoms with van der Waals surface area (Å²) in [5, 5.41) is 16.3. The van der Waals surface area contributed by atoms with Crippen molar-refractivity contribution in [3.63, 3.8) is 0 Å². The maximum atomic E-state index is 13.3. The molecule has 0 saturated heterocycles. The lowest BCUT2D eigenvalue weighted by Crippen LogP contribution is -2.48. The molecule has 0 aliphatic carbocycles. The zero-order valence-corrected chi connectivity index (χ0v) is 20.5. The molecule has 1 aromatic carbocycles. The topological polar surface area (TPSA) is 100 Å². The number of likely N-dealkylation sites (N-methyl/N-ethyl adjacent to an activating group) is 1. The summed E-state index contributed by atoms with van der Waals surface area (Å²) in [6, 6.07) is 8.99. The van der Waals surface area contributed by atoms with Crippen LogP contribution in [-0.4, -0.2) is 51.5 Å². The van der Waals surface area contributed by atoms with Crippen LogP contribution >= 0.6 is 0 Å². The summed E-state index contributed by atoms with van der Waals surface area (Å²) >= 11 is 0. The Morgan fingerprint density at radius 3 is 2.86 bits per heavy atom. The Morgan fingerprint density at radius 2 is 2.11 bits per heavy atom. The van der Waals surface area contributed by atoms with Gasteiger partial charge in [-0.25, -0.2) is 9.78 Å². The van der Waals surface area contributed by atoms with Gasteiger partial charge in [-0.1, -0.05) is 24.0 Å². The molecule has 9 heteroatoms. The van der Waals surface area contributed by atoms with Crippen LogP contribution in [0.2, 0.25) is 0 Å². The molecule has 0 saturated carbocycles. The van der Waals surface area contributed by atoms with Crippen LogP contribution in [0.1, 0.15) is 42.7 Å². The Kier molecular flexibility index (Phi) is 7.17. The lowest BCUT2D eigenvalue weighted by Gasteiger charge is -2.22. The van der Waals surface area contributed by atoms with Crippen LogP contribution < -0.4 is 10.2 Å². The first-order valence-electron chi connectivity index (χ1n) is 11.7. The van der Waals surface area contributed by atoms with Crippen LogP contribution in [-0.2, 0) is 17.6 Å².